The monoisotopic (exact) mass is 716 g/mol. The van der Waals surface area contributed by atoms with Gasteiger partial charge < -0.3 is 33.3 Å². The lowest BCUT2D eigenvalue weighted by Crippen LogP contribution is -2.44. The minimum atomic E-state index is -1.64. The van der Waals surface area contributed by atoms with E-state index in [1.165, 1.54) is 0 Å². The van der Waals surface area contributed by atoms with Gasteiger partial charge in [-0.05, 0) is 77.0 Å². The first-order chi connectivity index (χ1) is 24.6. The van der Waals surface area contributed by atoms with Crippen molar-refractivity contribution >= 4 is 17.9 Å². The minimum absolute atomic E-state index is 0.133. The molecule has 290 valence electrons. The number of unbranched alkanes of at least 4 members (excludes halogenated alkanes) is 6. The highest BCUT2D eigenvalue weighted by atomic mass is 16.7. The molecule has 2 unspecified atom stereocenters. The zero-order valence-electron chi connectivity index (χ0n) is 32.4. The summed E-state index contributed by atoms with van der Waals surface area (Å²) < 4.78 is 22.4. The number of hydrogen-bond donors (Lipinski definition) is 0. The summed E-state index contributed by atoms with van der Waals surface area (Å²) >= 11 is 0. The van der Waals surface area contributed by atoms with Gasteiger partial charge in [0.15, 0.2) is 12.4 Å². The molecule has 0 aromatic rings. The fourth-order valence-electron chi connectivity index (χ4n) is 4.50. The number of carbonyl (C=O) groups is 3. The van der Waals surface area contributed by atoms with E-state index in [9.17, 15) is 19.5 Å². The Kier molecular flexibility index (Phi) is 31.7. The van der Waals surface area contributed by atoms with Crippen LogP contribution in [0.2, 0.25) is 0 Å². The van der Waals surface area contributed by atoms with Crippen molar-refractivity contribution in [3.8, 4) is 0 Å². The largest absolute Gasteiger partial charge is 0.545 e. The van der Waals surface area contributed by atoms with Gasteiger partial charge in [0, 0.05) is 12.8 Å². The maximum absolute atomic E-state index is 12.7. The van der Waals surface area contributed by atoms with E-state index < -0.39 is 30.3 Å². The zero-order valence-corrected chi connectivity index (χ0v) is 32.4. The predicted molar refractivity (Wildman–Crippen MR) is 204 cm³/mol. The molecule has 0 N–H and O–H groups in total. The number of rotatable bonds is 33. The first-order valence-electron chi connectivity index (χ1n) is 19.1. The van der Waals surface area contributed by atoms with Crippen LogP contribution in [0.25, 0.3) is 0 Å². The van der Waals surface area contributed by atoms with Crippen LogP contribution in [-0.2, 0) is 33.3 Å². The summed E-state index contributed by atoms with van der Waals surface area (Å²) in [6.07, 6.45) is 36.6. The number of carboxylic acids is 1. The molecule has 9 nitrogen and oxygen atoms in total. The van der Waals surface area contributed by atoms with Crippen molar-refractivity contribution in [1.82, 2.24) is 0 Å². The van der Waals surface area contributed by atoms with Crippen LogP contribution in [0.1, 0.15) is 117 Å². The van der Waals surface area contributed by atoms with Crippen LogP contribution in [0.4, 0.5) is 0 Å². The van der Waals surface area contributed by atoms with Gasteiger partial charge in [-0.1, -0.05) is 99.6 Å². The van der Waals surface area contributed by atoms with E-state index in [2.05, 4.69) is 86.8 Å². The smallest absolute Gasteiger partial charge is 0.306 e. The number of ether oxygens (including phenoxy) is 4. The molecule has 0 spiro atoms. The van der Waals surface area contributed by atoms with E-state index in [4.69, 9.17) is 18.9 Å². The summed E-state index contributed by atoms with van der Waals surface area (Å²) in [5.41, 5.74) is 0. The van der Waals surface area contributed by atoms with Crippen molar-refractivity contribution in [2.24, 2.45) is 0 Å². The third-order valence-electron chi connectivity index (χ3n) is 7.45. The second-order valence-electron chi connectivity index (χ2n) is 13.5. The summed E-state index contributed by atoms with van der Waals surface area (Å²) in [6, 6.07) is 0. The molecule has 51 heavy (non-hydrogen) atoms. The number of aliphatic carboxylic acids is 1. The van der Waals surface area contributed by atoms with E-state index in [1.54, 1.807) is 0 Å². The Bertz CT molecular complexity index is 1070. The van der Waals surface area contributed by atoms with Crippen molar-refractivity contribution in [3.63, 3.8) is 0 Å². The van der Waals surface area contributed by atoms with Gasteiger partial charge in [0.25, 0.3) is 0 Å². The molecule has 0 fully saturated rings. The maximum atomic E-state index is 12.7. The van der Waals surface area contributed by atoms with Crippen LogP contribution in [-0.4, -0.2) is 82.3 Å². The van der Waals surface area contributed by atoms with Gasteiger partial charge in [0.2, 0.25) is 0 Å². The average Bonchev–Trinajstić information content (AvgIpc) is 3.08. The summed E-state index contributed by atoms with van der Waals surface area (Å²) in [7, 11) is 5.87. The molecule has 2 atom stereocenters. The molecule has 0 aromatic carbocycles. The first-order valence-corrected chi connectivity index (χ1v) is 19.1. The molecule has 0 heterocycles. The average molecular weight is 716 g/mol. The fourth-order valence-corrected chi connectivity index (χ4v) is 4.50. The molecule has 0 aromatic heterocycles. The molecule has 0 amide bonds. The van der Waals surface area contributed by atoms with E-state index in [0.717, 1.165) is 77.0 Å². The Labute approximate surface area is 309 Å². The number of quaternary nitrogens is 1. The van der Waals surface area contributed by atoms with E-state index in [0.29, 0.717) is 23.9 Å². The summed E-state index contributed by atoms with van der Waals surface area (Å²) in [6.45, 7) is 4.39. The van der Waals surface area contributed by atoms with Gasteiger partial charge in [-0.15, -0.1) is 0 Å². The van der Waals surface area contributed by atoms with Crippen molar-refractivity contribution in [3.05, 3.63) is 72.9 Å². The predicted octanol–water partition coefficient (Wildman–Crippen LogP) is 7.88. The molecule has 0 bridgehead atoms. The van der Waals surface area contributed by atoms with E-state index in [-0.39, 0.29) is 32.7 Å². The summed E-state index contributed by atoms with van der Waals surface area (Å²) in [5.74, 6) is -2.38. The van der Waals surface area contributed by atoms with E-state index >= 15 is 0 Å². The quantitative estimate of drug-likeness (QED) is 0.0222. The normalized spacial score (nSPS) is 13.8. The Morgan fingerprint density at radius 3 is 1.53 bits per heavy atom. The number of likely N-dealkylation sites (N-methyl/N-ethyl adjacent to an activating group) is 1. The van der Waals surface area contributed by atoms with Gasteiger partial charge in [-0.25, -0.2) is 0 Å². The van der Waals surface area contributed by atoms with Crippen LogP contribution in [0.15, 0.2) is 72.9 Å². The minimum Gasteiger partial charge on any atom is -0.545 e. The molecule has 0 saturated carbocycles. The molecular formula is C42H69NO8. The Hall–Kier alpha value is -3.27. The Morgan fingerprint density at radius 2 is 1.06 bits per heavy atom. The highest BCUT2D eigenvalue weighted by Gasteiger charge is 2.21. The number of hydrogen-bond acceptors (Lipinski definition) is 8. The first kappa shape index (κ1) is 47.7. The number of carbonyl (C=O) groups excluding carboxylic acids is 3. The van der Waals surface area contributed by atoms with Crippen LogP contribution >= 0.6 is 0 Å². The van der Waals surface area contributed by atoms with Gasteiger partial charge in [-0.2, -0.15) is 0 Å². The zero-order chi connectivity index (χ0) is 37.8. The molecule has 0 aliphatic heterocycles. The molecule has 0 aliphatic carbocycles. The lowest BCUT2D eigenvalue weighted by Gasteiger charge is -2.26. The van der Waals surface area contributed by atoms with Gasteiger partial charge in [0.05, 0.1) is 40.3 Å². The number of nitrogens with zero attached hydrogens (tertiary/aromatic N) is 1. The van der Waals surface area contributed by atoms with Crippen molar-refractivity contribution in [2.45, 2.75) is 129 Å². The molecule has 0 saturated heterocycles. The van der Waals surface area contributed by atoms with E-state index in [1.807, 2.05) is 21.1 Å². The molecule has 9 heteroatoms. The number of carboxylic acid groups (broad SMARTS) is 1. The standard InChI is InChI=1S/C42H69NO8/c1-6-8-10-12-14-16-18-20-22-24-26-28-30-32-39(44)49-36-38(37-50-42(41(46)47)48-35-34-43(3,4)5)51-40(45)33-31-29-27-25-23-21-19-17-15-13-11-9-7-2/h8-11,14-17,20-23,38,42H,6-7,12-13,18-19,24-37H2,1-5H3/b10-8-,11-9-,16-14-,17-15-,22-20-,23-21-. The lowest BCUT2D eigenvalue weighted by atomic mass is 10.1. The van der Waals surface area contributed by atoms with Gasteiger partial charge in [0.1, 0.15) is 13.2 Å². The highest BCUT2D eigenvalue weighted by molar-refractivity contribution is 5.70. The third-order valence-corrected chi connectivity index (χ3v) is 7.45. The van der Waals surface area contributed by atoms with Crippen molar-refractivity contribution < 1.29 is 42.9 Å². The number of esters is 2. The van der Waals surface area contributed by atoms with Crippen molar-refractivity contribution in [2.75, 3.05) is 47.5 Å². The van der Waals surface area contributed by atoms with Crippen LogP contribution in [0, 0.1) is 0 Å². The highest BCUT2D eigenvalue weighted by Crippen LogP contribution is 2.10. The van der Waals surface area contributed by atoms with Gasteiger partial charge in [-0.3, -0.25) is 9.59 Å². The Balaban J connectivity index is 4.66. The van der Waals surface area contributed by atoms with Crippen LogP contribution in [0.5, 0.6) is 0 Å². The Morgan fingerprint density at radius 1 is 0.588 bits per heavy atom. The summed E-state index contributed by atoms with van der Waals surface area (Å²) in [5, 5.41) is 11.6. The summed E-state index contributed by atoms with van der Waals surface area (Å²) in [4.78, 5) is 36.7. The van der Waals surface area contributed by atoms with Crippen LogP contribution < -0.4 is 5.11 Å². The maximum Gasteiger partial charge on any atom is 0.306 e. The molecule has 0 rings (SSSR count). The molecule has 0 aliphatic rings. The second-order valence-corrected chi connectivity index (χ2v) is 13.5. The topological polar surface area (TPSA) is 111 Å². The lowest BCUT2D eigenvalue weighted by molar-refractivity contribution is -0.870. The van der Waals surface area contributed by atoms with Gasteiger partial charge >= 0.3 is 11.9 Å². The number of allylic oxidation sites excluding steroid dienone is 12. The molecule has 0 radical (unpaired) electrons. The SMILES string of the molecule is CC/C=C\C/C=C\C/C=C\CCCCCC(=O)OCC(COC(OCC[N+](C)(C)C)C(=O)[O-])OC(=O)CCCCC/C=C\C/C=C\C/C=C\CC. The fraction of sp³-hybridized carbons (Fsp3) is 0.643. The third kappa shape index (κ3) is 34.9. The molecular weight excluding hydrogens is 646 g/mol. The second kappa shape index (κ2) is 33.9. The van der Waals surface area contributed by atoms with Crippen LogP contribution in [0.3, 0.4) is 0 Å². The van der Waals surface area contributed by atoms with Crippen molar-refractivity contribution in [1.29, 1.82) is 0 Å².